The molecule has 0 atom stereocenters. The van der Waals surface area contributed by atoms with Gasteiger partial charge in [-0.1, -0.05) is 23.5 Å². The number of hydrogen-bond donors (Lipinski definition) is 1. The highest BCUT2D eigenvalue weighted by molar-refractivity contribution is 7.22. The van der Waals surface area contributed by atoms with E-state index < -0.39 is 0 Å². The first kappa shape index (κ1) is 13.6. The number of amides is 1. The van der Waals surface area contributed by atoms with Gasteiger partial charge >= 0.3 is 0 Å². The number of carbonyl (C=O) groups excluding carboxylic acids is 1. The topological polar surface area (TPSA) is 42.0 Å². The van der Waals surface area contributed by atoms with E-state index >= 15 is 0 Å². The number of fused-ring (bicyclic) bond motifs is 1. The van der Waals surface area contributed by atoms with Gasteiger partial charge in [0.1, 0.15) is 11.6 Å². The van der Waals surface area contributed by atoms with Crippen molar-refractivity contribution in [3.63, 3.8) is 0 Å². The van der Waals surface area contributed by atoms with Crippen molar-refractivity contribution in [2.45, 2.75) is 6.42 Å². The average molecular weight is 304 g/mol. The fourth-order valence-electron chi connectivity index (χ4n) is 1.90. The zero-order valence-electron chi connectivity index (χ0n) is 10.8. The number of benzene rings is 2. The Bertz CT molecular complexity index is 799. The van der Waals surface area contributed by atoms with Crippen LogP contribution >= 0.6 is 11.3 Å². The van der Waals surface area contributed by atoms with E-state index in [0.29, 0.717) is 20.9 Å². The maximum absolute atomic E-state index is 13.1. The summed E-state index contributed by atoms with van der Waals surface area (Å²) in [5.74, 6) is -0.927. The summed E-state index contributed by atoms with van der Waals surface area (Å²) < 4.78 is 26.5. The predicted octanol–water partition coefficient (Wildman–Crippen LogP) is 3.76. The van der Waals surface area contributed by atoms with Gasteiger partial charge in [-0.15, -0.1) is 0 Å². The standard InChI is InChI=1S/C15H10F2N2OS/c16-10-3-1-9(2-4-10)7-14(20)19-15-18-12-6-5-11(17)8-13(12)21-15/h1-6,8H,7H2,(H,18,19,20). The van der Waals surface area contributed by atoms with E-state index in [1.807, 2.05) is 0 Å². The molecule has 1 aromatic heterocycles. The Kier molecular flexibility index (Phi) is 3.62. The summed E-state index contributed by atoms with van der Waals surface area (Å²) >= 11 is 1.21. The first-order valence-corrected chi connectivity index (χ1v) is 7.02. The van der Waals surface area contributed by atoms with E-state index in [4.69, 9.17) is 0 Å². The number of anilines is 1. The van der Waals surface area contributed by atoms with Crippen LogP contribution in [0.1, 0.15) is 5.56 Å². The van der Waals surface area contributed by atoms with Crippen LogP contribution < -0.4 is 5.32 Å². The highest BCUT2D eigenvalue weighted by Crippen LogP contribution is 2.26. The molecule has 0 unspecified atom stereocenters. The van der Waals surface area contributed by atoms with Gasteiger partial charge in [-0.25, -0.2) is 13.8 Å². The maximum atomic E-state index is 13.1. The lowest BCUT2D eigenvalue weighted by molar-refractivity contribution is -0.115. The van der Waals surface area contributed by atoms with E-state index in [2.05, 4.69) is 10.3 Å². The predicted molar refractivity (Wildman–Crippen MR) is 78.3 cm³/mol. The van der Waals surface area contributed by atoms with Crippen LogP contribution in [0.25, 0.3) is 10.2 Å². The molecule has 106 valence electrons. The van der Waals surface area contributed by atoms with Gasteiger partial charge in [0.05, 0.1) is 16.6 Å². The summed E-state index contributed by atoms with van der Waals surface area (Å²) in [4.78, 5) is 16.1. The second kappa shape index (κ2) is 5.57. The van der Waals surface area contributed by atoms with Crippen LogP contribution in [0.15, 0.2) is 42.5 Å². The molecule has 21 heavy (non-hydrogen) atoms. The Balaban J connectivity index is 1.72. The number of carbonyl (C=O) groups is 1. The third-order valence-corrected chi connectivity index (χ3v) is 3.81. The molecule has 3 nitrogen and oxygen atoms in total. The molecule has 3 aromatic rings. The summed E-state index contributed by atoms with van der Waals surface area (Å²) in [6.45, 7) is 0. The molecule has 1 N–H and O–H groups in total. The minimum atomic E-state index is -0.340. The molecule has 0 spiro atoms. The van der Waals surface area contributed by atoms with Crippen LogP contribution in [-0.2, 0) is 11.2 Å². The van der Waals surface area contributed by atoms with Crippen molar-refractivity contribution in [2.75, 3.05) is 5.32 Å². The molecule has 3 rings (SSSR count). The lowest BCUT2D eigenvalue weighted by Crippen LogP contribution is -2.14. The molecule has 0 aliphatic heterocycles. The summed E-state index contributed by atoms with van der Waals surface area (Å²) in [6.07, 6.45) is 0.130. The second-order valence-corrected chi connectivity index (χ2v) is 5.51. The minimum absolute atomic E-state index is 0.130. The van der Waals surface area contributed by atoms with Crippen molar-refractivity contribution in [1.82, 2.24) is 4.98 Å². The molecule has 0 radical (unpaired) electrons. The highest BCUT2D eigenvalue weighted by atomic mass is 32.1. The van der Waals surface area contributed by atoms with Crippen molar-refractivity contribution in [3.8, 4) is 0 Å². The summed E-state index contributed by atoms with van der Waals surface area (Å²) in [7, 11) is 0. The third-order valence-electron chi connectivity index (χ3n) is 2.87. The van der Waals surface area contributed by atoms with Crippen molar-refractivity contribution in [3.05, 3.63) is 59.7 Å². The van der Waals surface area contributed by atoms with Gasteiger partial charge in [0.2, 0.25) is 5.91 Å². The SMILES string of the molecule is O=C(Cc1ccc(F)cc1)Nc1nc2ccc(F)cc2s1. The summed E-state index contributed by atoms with van der Waals surface area (Å²) in [5, 5.41) is 3.09. The third kappa shape index (κ3) is 3.22. The van der Waals surface area contributed by atoms with Crippen molar-refractivity contribution >= 4 is 32.6 Å². The van der Waals surface area contributed by atoms with E-state index in [1.165, 1.54) is 35.6 Å². The highest BCUT2D eigenvalue weighted by Gasteiger charge is 2.09. The molecule has 0 saturated heterocycles. The van der Waals surface area contributed by atoms with Crippen molar-refractivity contribution in [1.29, 1.82) is 0 Å². The first-order chi connectivity index (χ1) is 10.1. The molecular weight excluding hydrogens is 294 g/mol. The van der Waals surface area contributed by atoms with Crippen LogP contribution in [0.2, 0.25) is 0 Å². The van der Waals surface area contributed by atoms with Crippen molar-refractivity contribution < 1.29 is 13.6 Å². The van der Waals surface area contributed by atoms with E-state index in [9.17, 15) is 13.6 Å². The van der Waals surface area contributed by atoms with E-state index in [-0.39, 0.29) is 24.0 Å². The minimum Gasteiger partial charge on any atom is -0.302 e. The lowest BCUT2D eigenvalue weighted by Gasteiger charge is -2.01. The van der Waals surface area contributed by atoms with Crippen molar-refractivity contribution in [2.24, 2.45) is 0 Å². The van der Waals surface area contributed by atoms with Crippen LogP contribution in [-0.4, -0.2) is 10.9 Å². The number of hydrogen-bond acceptors (Lipinski definition) is 3. The Morgan fingerprint density at radius 1 is 1.10 bits per heavy atom. The van der Waals surface area contributed by atoms with Crippen LogP contribution in [0, 0.1) is 11.6 Å². The van der Waals surface area contributed by atoms with Gasteiger partial charge in [0.15, 0.2) is 5.13 Å². The molecule has 2 aromatic carbocycles. The van der Waals surface area contributed by atoms with Crippen LogP contribution in [0.5, 0.6) is 0 Å². The van der Waals surface area contributed by atoms with E-state index in [1.54, 1.807) is 18.2 Å². The normalized spacial score (nSPS) is 10.8. The molecular formula is C15H10F2N2OS. The molecule has 1 amide bonds. The van der Waals surface area contributed by atoms with Gasteiger partial charge in [-0.2, -0.15) is 0 Å². The summed E-state index contributed by atoms with van der Waals surface area (Å²) in [6, 6.07) is 10.0. The smallest absolute Gasteiger partial charge is 0.230 e. The monoisotopic (exact) mass is 304 g/mol. The molecule has 0 aliphatic carbocycles. The largest absolute Gasteiger partial charge is 0.302 e. The van der Waals surface area contributed by atoms with Gasteiger partial charge in [0.25, 0.3) is 0 Å². The van der Waals surface area contributed by atoms with E-state index in [0.717, 1.165) is 0 Å². The molecule has 6 heteroatoms. The molecule has 1 heterocycles. The number of aromatic nitrogens is 1. The molecule has 0 aliphatic rings. The van der Waals surface area contributed by atoms with Crippen LogP contribution in [0.3, 0.4) is 0 Å². The molecule has 0 bridgehead atoms. The number of halogens is 2. The number of rotatable bonds is 3. The lowest BCUT2D eigenvalue weighted by atomic mass is 10.1. The maximum Gasteiger partial charge on any atom is 0.230 e. The number of thiazole rings is 1. The Hall–Kier alpha value is -2.34. The number of nitrogens with zero attached hydrogens (tertiary/aromatic N) is 1. The second-order valence-electron chi connectivity index (χ2n) is 4.48. The zero-order chi connectivity index (χ0) is 14.8. The first-order valence-electron chi connectivity index (χ1n) is 6.20. The fourth-order valence-corrected chi connectivity index (χ4v) is 2.81. The Morgan fingerprint density at radius 3 is 2.57 bits per heavy atom. The van der Waals surface area contributed by atoms with Crippen LogP contribution in [0.4, 0.5) is 13.9 Å². The average Bonchev–Trinajstić information content (AvgIpc) is 2.82. The Morgan fingerprint density at radius 2 is 1.81 bits per heavy atom. The summed E-state index contributed by atoms with van der Waals surface area (Å²) in [5.41, 5.74) is 1.35. The molecule has 0 fully saturated rings. The van der Waals surface area contributed by atoms with Gasteiger partial charge in [-0.3, -0.25) is 4.79 Å². The van der Waals surface area contributed by atoms with Gasteiger partial charge in [0, 0.05) is 0 Å². The van der Waals surface area contributed by atoms with Gasteiger partial charge < -0.3 is 5.32 Å². The quantitative estimate of drug-likeness (QED) is 0.800. The Labute approximate surface area is 123 Å². The fraction of sp³-hybridized carbons (Fsp3) is 0.0667. The zero-order valence-corrected chi connectivity index (χ0v) is 11.6. The van der Waals surface area contributed by atoms with Gasteiger partial charge in [-0.05, 0) is 35.9 Å². The number of nitrogens with one attached hydrogen (secondary N) is 1. The molecule has 0 saturated carbocycles.